The summed E-state index contributed by atoms with van der Waals surface area (Å²) in [5.74, 6) is -0.858. The van der Waals surface area contributed by atoms with Crippen LogP contribution in [0.5, 0.6) is 5.75 Å². The molecule has 1 aliphatic heterocycles. The van der Waals surface area contributed by atoms with Crippen LogP contribution in [0.4, 0.5) is 0 Å². The molecule has 3 rings (SSSR count). The highest BCUT2D eigenvalue weighted by Crippen LogP contribution is 2.39. The molecule has 146 valence electrons. The van der Waals surface area contributed by atoms with Crippen LogP contribution in [0.3, 0.4) is 0 Å². The van der Waals surface area contributed by atoms with Gasteiger partial charge in [-0.25, -0.2) is 0 Å². The van der Waals surface area contributed by atoms with Crippen molar-refractivity contribution < 1.29 is 24.2 Å². The van der Waals surface area contributed by atoms with E-state index in [0.717, 1.165) is 11.1 Å². The van der Waals surface area contributed by atoms with Crippen molar-refractivity contribution in [1.29, 1.82) is 0 Å². The maximum absolute atomic E-state index is 12.8. The minimum atomic E-state index is -0.698. The van der Waals surface area contributed by atoms with Gasteiger partial charge in [0.2, 0.25) is 0 Å². The van der Waals surface area contributed by atoms with Crippen molar-refractivity contribution >= 4 is 17.4 Å². The summed E-state index contributed by atoms with van der Waals surface area (Å²) in [5, 5.41) is 11.0. The number of nitrogens with zero attached hydrogens (tertiary/aromatic N) is 1. The first kappa shape index (κ1) is 19.6. The fourth-order valence-corrected chi connectivity index (χ4v) is 3.46. The molecule has 0 radical (unpaired) electrons. The number of Topliss-reactive ketones (excluding diaryl/α,β-unsaturated/α-hetero) is 1. The fourth-order valence-electron chi connectivity index (χ4n) is 3.46. The standard InChI is InChI=1S/C22H23NO5/c1-14-13-16(9-10-17(14)28-3)20(24)18-19(15-7-5-4-6-8-15)23(11-12-27-2)22(26)21(18)25/h4-10,13,19,24H,11-12H2,1-3H3/b20-18+. The molecule has 2 aromatic carbocycles. The van der Waals surface area contributed by atoms with Gasteiger partial charge in [-0.3, -0.25) is 9.59 Å². The van der Waals surface area contributed by atoms with Gasteiger partial charge in [-0.1, -0.05) is 30.3 Å². The molecule has 1 fully saturated rings. The Bertz CT molecular complexity index is 920. The predicted octanol–water partition coefficient (Wildman–Crippen LogP) is 3.07. The molecule has 1 saturated heterocycles. The average molecular weight is 381 g/mol. The first-order chi connectivity index (χ1) is 13.5. The van der Waals surface area contributed by atoms with Gasteiger partial charge in [-0.15, -0.1) is 0 Å². The van der Waals surface area contributed by atoms with E-state index in [-0.39, 0.29) is 24.5 Å². The van der Waals surface area contributed by atoms with E-state index in [9.17, 15) is 14.7 Å². The summed E-state index contributed by atoms with van der Waals surface area (Å²) in [5.41, 5.74) is 2.11. The number of ether oxygens (including phenoxy) is 2. The van der Waals surface area contributed by atoms with Gasteiger partial charge in [0.25, 0.3) is 11.7 Å². The lowest BCUT2D eigenvalue weighted by atomic mass is 9.95. The van der Waals surface area contributed by atoms with Crippen LogP contribution in [0.1, 0.15) is 22.7 Å². The van der Waals surface area contributed by atoms with Gasteiger partial charge in [0.05, 0.1) is 25.3 Å². The Balaban J connectivity index is 2.15. The first-order valence-corrected chi connectivity index (χ1v) is 8.97. The van der Waals surface area contributed by atoms with Gasteiger partial charge >= 0.3 is 0 Å². The number of likely N-dealkylation sites (tertiary alicyclic amines) is 1. The van der Waals surface area contributed by atoms with E-state index >= 15 is 0 Å². The summed E-state index contributed by atoms with van der Waals surface area (Å²) in [6.07, 6.45) is 0. The molecule has 1 unspecified atom stereocenters. The van der Waals surface area contributed by atoms with E-state index in [1.807, 2.05) is 37.3 Å². The molecule has 28 heavy (non-hydrogen) atoms. The number of aryl methyl sites for hydroxylation is 1. The fraction of sp³-hybridized carbons (Fsp3) is 0.273. The first-order valence-electron chi connectivity index (χ1n) is 8.97. The van der Waals surface area contributed by atoms with Crippen LogP contribution in [0.2, 0.25) is 0 Å². The van der Waals surface area contributed by atoms with E-state index in [4.69, 9.17) is 9.47 Å². The van der Waals surface area contributed by atoms with Crippen LogP contribution in [0.15, 0.2) is 54.1 Å². The molecule has 0 aliphatic carbocycles. The number of hydrogen-bond donors (Lipinski definition) is 1. The Morgan fingerprint density at radius 1 is 1.11 bits per heavy atom. The molecule has 1 aliphatic rings. The quantitative estimate of drug-likeness (QED) is 0.473. The summed E-state index contributed by atoms with van der Waals surface area (Å²) in [6, 6.07) is 13.7. The Hall–Kier alpha value is -3.12. The number of methoxy groups -OCH3 is 2. The lowest BCUT2D eigenvalue weighted by Crippen LogP contribution is -2.32. The van der Waals surface area contributed by atoms with Gasteiger partial charge in [-0.05, 0) is 36.2 Å². The molecule has 1 N–H and O–H groups in total. The number of hydrogen-bond acceptors (Lipinski definition) is 5. The zero-order valence-electron chi connectivity index (χ0n) is 16.1. The van der Waals surface area contributed by atoms with Gasteiger partial charge in [-0.2, -0.15) is 0 Å². The van der Waals surface area contributed by atoms with Gasteiger partial charge in [0.1, 0.15) is 11.5 Å². The maximum atomic E-state index is 12.8. The Morgan fingerprint density at radius 2 is 1.82 bits per heavy atom. The third-order valence-electron chi connectivity index (χ3n) is 4.86. The summed E-state index contributed by atoms with van der Waals surface area (Å²) in [4.78, 5) is 26.9. The van der Waals surface area contributed by atoms with Crippen LogP contribution in [0, 0.1) is 6.92 Å². The minimum Gasteiger partial charge on any atom is -0.507 e. The average Bonchev–Trinajstić information content (AvgIpc) is 2.97. The van der Waals surface area contributed by atoms with Crippen LogP contribution in [0.25, 0.3) is 5.76 Å². The molecule has 0 spiro atoms. The predicted molar refractivity (Wildman–Crippen MR) is 105 cm³/mol. The summed E-state index contributed by atoms with van der Waals surface area (Å²) in [7, 11) is 3.10. The molecule has 0 saturated carbocycles. The second kappa shape index (κ2) is 8.27. The van der Waals surface area contributed by atoms with E-state index in [1.165, 1.54) is 12.0 Å². The van der Waals surface area contributed by atoms with Gasteiger partial charge < -0.3 is 19.5 Å². The smallest absolute Gasteiger partial charge is 0.295 e. The number of amides is 1. The van der Waals surface area contributed by atoms with Crippen LogP contribution in [-0.2, 0) is 14.3 Å². The van der Waals surface area contributed by atoms with Crippen LogP contribution in [-0.4, -0.2) is 49.1 Å². The molecule has 6 heteroatoms. The monoisotopic (exact) mass is 381 g/mol. The molecule has 2 aromatic rings. The number of benzene rings is 2. The lowest BCUT2D eigenvalue weighted by Gasteiger charge is -2.25. The number of aliphatic hydroxyl groups is 1. The molecule has 0 aromatic heterocycles. The van der Waals surface area contributed by atoms with Crippen LogP contribution >= 0.6 is 0 Å². The van der Waals surface area contributed by atoms with E-state index in [1.54, 1.807) is 25.3 Å². The highest BCUT2D eigenvalue weighted by Gasteiger charge is 2.45. The van der Waals surface area contributed by atoms with E-state index in [2.05, 4.69) is 0 Å². The van der Waals surface area contributed by atoms with Crippen molar-refractivity contribution in [3.8, 4) is 5.75 Å². The maximum Gasteiger partial charge on any atom is 0.295 e. The zero-order valence-corrected chi connectivity index (χ0v) is 16.1. The second-order valence-corrected chi connectivity index (χ2v) is 6.58. The van der Waals surface area contributed by atoms with E-state index in [0.29, 0.717) is 11.3 Å². The van der Waals surface area contributed by atoms with Crippen molar-refractivity contribution in [2.24, 2.45) is 0 Å². The Morgan fingerprint density at radius 3 is 2.43 bits per heavy atom. The van der Waals surface area contributed by atoms with Crippen LogP contribution < -0.4 is 4.74 Å². The summed E-state index contributed by atoms with van der Waals surface area (Å²) in [6.45, 7) is 2.39. The Kier molecular flexibility index (Phi) is 5.80. The van der Waals surface area contributed by atoms with Gasteiger partial charge in [0.15, 0.2) is 0 Å². The number of rotatable bonds is 6. The molecular formula is C22H23NO5. The lowest BCUT2D eigenvalue weighted by molar-refractivity contribution is -0.140. The third-order valence-corrected chi connectivity index (χ3v) is 4.86. The highest BCUT2D eigenvalue weighted by molar-refractivity contribution is 6.46. The van der Waals surface area contributed by atoms with E-state index < -0.39 is 17.7 Å². The zero-order chi connectivity index (χ0) is 20.3. The number of ketones is 1. The van der Waals surface area contributed by atoms with Crippen molar-refractivity contribution in [3.63, 3.8) is 0 Å². The number of carbonyl (C=O) groups is 2. The molecule has 1 amide bonds. The van der Waals surface area contributed by atoms with Crippen molar-refractivity contribution in [2.45, 2.75) is 13.0 Å². The molecule has 1 heterocycles. The third kappa shape index (κ3) is 3.51. The largest absolute Gasteiger partial charge is 0.507 e. The number of aliphatic hydroxyl groups excluding tert-OH is 1. The molecule has 6 nitrogen and oxygen atoms in total. The SMILES string of the molecule is COCCN1C(=O)C(=O)/C(=C(/O)c2ccc(OC)c(C)c2)C1c1ccccc1. The minimum absolute atomic E-state index is 0.0804. The normalized spacial score (nSPS) is 18.5. The second-order valence-electron chi connectivity index (χ2n) is 6.58. The topological polar surface area (TPSA) is 76.1 Å². The summed E-state index contributed by atoms with van der Waals surface area (Å²) >= 11 is 0. The molecular weight excluding hydrogens is 358 g/mol. The molecule has 1 atom stereocenters. The number of carbonyl (C=O) groups excluding carboxylic acids is 2. The Labute approximate surface area is 164 Å². The summed E-state index contributed by atoms with van der Waals surface area (Å²) < 4.78 is 10.3. The van der Waals surface area contributed by atoms with Crippen molar-refractivity contribution in [3.05, 3.63) is 70.8 Å². The highest BCUT2D eigenvalue weighted by atomic mass is 16.5. The van der Waals surface area contributed by atoms with Gasteiger partial charge in [0, 0.05) is 19.2 Å². The molecule has 0 bridgehead atoms. The van der Waals surface area contributed by atoms with Crippen molar-refractivity contribution in [2.75, 3.05) is 27.4 Å². The van der Waals surface area contributed by atoms with Crippen molar-refractivity contribution in [1.82, 2.24) is 4.90 Å².